The SMILES string of the molecule is N#CCOC(=S)c1cc(N2CCCC2)c(Oc2ccccc2)c(S(N)(=O)=O)c1. The van der Waals surface area contributed by atoms with Crippen molar-refractivity contribution in [1.82, 2.24) is 0 Å². The van der Waals surface area contributed by atoms with Gasteiger partial charge in [0, 0.05) is 18.7 Å². The third kappa shape index (κ3) is 4.59. The molecule has 0 radical (unpaired) electrons. The summed E-state index contributed by atoms with van der Waals surface area (Å²) in [6.45, 7) is 1.28. The first-order valence-corrected chi connectivity index (χ1v) is 10.6. The molecule has 0 spiro atoms. The van der Waals surface area contributed by atoms with E-state index < -0.39 is 10.0 Å². The van der Waals surface area contributed by atoms with Crippen molar-refractivity contribution < 1.29 is 17.9 Å². The van der Waals surface area contributed by atoms with Gasteiger partial charge >= 0.3 is 0 Å². The van der Waals surface area contributed by atoms with Crippen LogP contribution < -0.4 is 14.8 Å². The Bertz CT molecular complexity index is 1010. The van der Waals surface area contributed by atoms with E-state index >= 15 is 0 Å². The summed E-state index contributed by atoms with van der Waals surface area (Å²) < 4.78 is 35.8. The van der Waals surface area contributed by atoms with E-state index in [9.17, 15) is 8.42 Å². The van der Waals surface area contributed by atoms with Crippen LogP contribution in [0, 0.1) is 11.3 Å². The number of benzene rings is 2. The number of hydrogen-bond donors (Lipinski definition) is 1. The van der Waals surface area contributed by atoms with E-state index in [0.717, 1.165) is 25.9 Å². The molecule has 1 fully saturated rings. The molecule has 1 heterocycles. The first-order valence-electron chi connectivity index (χ1n) is 8.63. The molecule has 0 saturated carbocycles. The molecule has 0 bridgehead atoms. The van der Waals surface area contributed by atoms with Gasteiger partial charge in [-0.05, 0) is 49.3 Å². The van der Waals surface area contributed by atoms with Gasteiger partial charge in [-0.3, -0.25) is 0 Å². The average Bonchev–Trinajstić information content (AvgIpc) is 3.20. The lowest BCUT2D eigenvalue weighted by Crippen LogP contribution is -2.22. The fraction of sp³-hybridized carbons (Fsp3) is 0.263. The van der Waals surface area contributed by atoms with E-state index in [1.807, 2.05) is 17.0 Å². The first-order chi connectivity index (χ1) is 13.4. The number of thiocarbonyl (C=S) groups is 1. The van der Waals surface area contributed by atoms with E-state index in [0.29, 0.717) is 17.0 Å². The van der Waals surface area contributed by atoms with Crippen LogP contribution in [0.2, 0.25) is 0 Å². The number of nitrogens with zero attached hydrogens (tertiary/aromatic N) is 2. The van der Waals surface area contributed by atoms with Gasteiger partial charge < -0.3 is 14.4 Å². The zero-order valence-corrected chi connectivity index (χ0v) is 16.6. The summed E-state index contributed by atoms with van der Waals surface area (Å²) in [6.07, 6.45) is 1.96. The Labute approximate surface area is 169 Å². The number of anilines is 1. The quantitative estimate of drug-likeness (QED) is 0.720. The maximum Gasteiger partial charge on any atom is 0.241 e. The molecular formula is C19H19N3O4S2. The number of hydrogen-bond acceptors (Lipinski definition) is 7. The van der Waals surface area contributed by atoms with Crippen LogP contribution in [0.15, 0.2) is 47.4 Å². The highest BCUT2D eigenvalue weighted by Gasteiger charge is 2.27. The van der Waals surface area contributed by atoms with Crippen molar-refractivity contribution >= 4 is 33.0 Å². The number of rotatable bonds is 6. The summed E-state index contributed by atoms with van der Waals surface area (Å²) >= 11 is 5.21. The third-order valence-electron chi connectivity index (χ3n) is 4.26. The molecule has 1 aliphatic heterocycles. The maximum absolute atomic E-state index is 12.3. The Morgan fingerprint density at radius 3 is 2.50 bits per heavy atom. The molecule has 2 aromatic rings. The molecule has 0 amide bonds. The molecule has 1 aliphatic rings. The summed E-state index contributed by atoms with van der Waals surface area (Å²) in [7, 11) is -4.11. The molecule has 1 saturated heterocycles. The van der Waals surface area contributed by atoms with Crippen LogP contribution in [0.5, 0.6) is 11.5 Å². The largest absolute Gasteiger partial charge is 0.468 e. The standard InChI is InChI=1S/C19H19N3O4S2/c20-8-11-25-19(27)14-12-16(22-9-4-5-10-22)18(17(13-14)28(21,23)24)26-15-6-2-1-3-7-15/h1-3,6-7,12-13H,4-5,9-11H2,(H2,21,23,24). The maximum atomic E-state index is 12.3. The molecule has 146 valence electrons. The van der Waals surface area contributed by atoms with Crippen molar-refractivity contribution in [2.45, 2.75) is 17.7 Å². The van der Waals surface area contributed by atoms with Crippen LogP contribution in [0.25, 0.3) is 0 Å². The monoisotopic (exact) mass is 417 g/mol. The molecule has 2 aromatic carbocycles. The topological polar surface area (TPSA) is 106 Å². The smallest absolute Gasteiger partial charge is 0.241 e. The normalized spacial score (nSPS) is 13.8. The van der Waals surface area contributed by atoms with Crippen LogP contribution in [0.1, 0.15) is 18.4 Å². The first kappa shape index (κ1) is 20.1. The number of para-hydroxylation sites is 1. The minimum atomic E-state index is -4.11. The molecule has 0 unspecified atom stereocenters. The lowest BCUT2D eigenvalue weighted by molar-refractivity contribution is 0.366. The fourth-order valence-electron chi connectivity index (χ4n) is 3.00. The average molecular weight is 418 g/mol. The van der Waals surface area contributed by atoms with E-state index in [4.69, 9.17) is 32.1 Å². The Morgan fingerprint density at radius 1 is 1.21 bits per heavy atom. The highest BCUT2D eigenvalue weighted by molar-refractivity contribution is 7.89. The molecule has 3 rings (SSSR count). The minimum absolute atomic E-state index is 0.0261. The van der Waals surface area contributed by atoms with Crippen molar-refractivity contribution in [1.29, 1.82) is 5.26 Å². The Morgan fingerprint density at radius 2 is 1.89 bits per heavy atom. The van der Waals surface area contributed by atoms with Crippen molar-refractivity contribution in [2.75, 3.05) is 24.6 Å². The van der Waals surface area contributed by atoms with E-state index in [1.165, 1.54) is 6.07 Å². The van der Waals surface area contributed by atoms with Gasteiger partial charge in [0.2, 0.25) is 10.0 Å². The van der Waals surface area contributed by atoms with Crippen LogP contribution in [-0.4, -0.2) is 33.2 Å². The Kier molecular flexibility index (Phi) is 6.14. The molecule has 0 aliphatic carbocycles. The van der Waals surface area contributed by atoms with Crippen LogP contribution in [0.3, 0.4) is 0 Å². The lowest BCUT2D eigenvalue weighted by Gasteiger charge is -2.24. The lowest BCUT2D eigenvalue weighted by atomic mass is 10.1. The molecule has 2 N–H and O–H groups in total. The zero-order chi connectivity index (χ0) is 20.1. The molecular weight excluding hydrogens is 398 g/mol. The summed E-state index contributed by atoms with van der Waals surface area (Å²) in [4.78, 5) is 1.85. The van der Waals surface area contributed by atoms with Crippen molar-refractivity contribution in [3.8, 4) is 17.6 Å². The second-order valence-electron chi connectivity index (χ2n) is 6.21. The molecule has 28 heavy (non-hydrogen) atoms. The number of nitrogens with two attached hydrogens (primary N) is 1. The highest BCUT2D eigenvalue weighted by atomic mass is 32.2. The van der Waals surface area contributed by atoms with Gasteiger partial charge in [0.1, 0.15) is 16.7 Å². The van der Waals surface area contributed by atoms with Gasteiger partial charge in [0.15, 0.2) is 17.4 Å². The highest BCUT2D eigenvalue weighted by Crippen LogP contribution is 2.40. The van der Waals surface area contributed by atoms with E-state index in [2.05, 4.69) is 0 Å². The van der Waals surface area contributed by atoms with Crippen molar-refractivity contribution in [3.05, 3.63) is 48.0 Å². The third-order valence-corrected chi connectivity index (χ3v) is 5.53. The number of ether oxygens (including phenoxy) is 2. The zero-order valence-electron chi connectivity index (χ0n) is 15.0. The summed E-state index contributed by atoms with van der Waals surface area (Å²) in [6, 6.07) is 13.8. The van der Waals surface area contributed by atoms with E-state index in [-0.39, 0.29) is 22.3 Å². The summed E-state index contributed by atoms with van der Waals surface area (Å²) in [5.74, 6) is 0.645. The van der Waals surface area contributed by atoms with Gasteiger partial charge in [-0.2, -0.15) is 5.26 Å². The van der Waals surface area contributed by atoms with E-state index in [1.54, 1.807) is 30.3 Å². The summed E-state index contributed by atoms with van der Waals surface area (Å²) in [5.41, 5.74) is 0.933. The van der Waals surface area contributed by atoms with Gasteiger partial charge in [-0.1, -0.05) is 18.2 Å². The van der Waals surface area contributed by atoms with Crippen molar-refractivity contribution in [2.24, 2.45) is 5.14 Å². The molecule has 0 atom stereocenters. The van der Waals surface area contributed by atoms with Crippen LogP contribution >= 0.6 is 12.2 Å². The van der Waals surface area contributed by atoms with Crippen LogP contribution in [-0.2, 0) is 14.8 Å². The van der Waals surface area contributed by atoms with Gasteiger partial charge in [0.05, 0.1) is 5.69 Å². The second-order valence-corrected chi connectivity index (χ2v) is 8.11. The molecule has 7 nitrogen and oxygen atoms in total. The van der Waals surface area contributed by atoms with Crippen LogP contribution in [0.4, 0.5) is 5.69 Å². The molecule has 0 aromatic heterocycles. The predicted molar refractivity (Wildman–Crippen MR) is 109 cm³/mol. The minimum Gasteiger partial charge on any atom is -0.468 e. The fourth-order valence-corrected chi connectivity index (χ4v) is 3.87. The Balaban J connectivity index is 2.16. The predicted octanol–water partition coefficient (Wildman–Crippen LogP) is 2.94. The van der Waals surface area contributed by atoms with Gasteiger partial charge in [0.25, 0.3) is 0 Å². The van der Waals surface area contributed by atoms with Crippen molar-refractivity contribution in [3.63, 3.8) is 0 Å². The molecule has 9 heteroatoms. The Hall–Kier alpha value is -2.67. The summed E-state index contributed by atoms with van der Waals surface area (Å²) in [5, 5.41) is 14.2. The van der Waals surface area contributed by atoms with Gasteiger partial charge in [-0.15, -0.1) is 0 Å². The second kappa shape index (κ2) is 8.56. The number of primary sulfonamides is 1. The number of sulfonamides is 1. The van der Waals surface area contributed by atoms with Gasteiger partial charge in [-0.25, -0.2) is 13.6 Å². The number of nitriles is 1.